The summed E-state index contributed by atoms with van der Waals surface area (Å²) in [6, 6.07) is 6.04. The molecule has 0 bridgehead atoms. The molecule has 1 unspecified atom stereocenters. The quantitative estimate of drug-likeness (QED) is 0.850. The summed E-state index contributed by atoms with van der Waals surface area (Å²) in [6.45, 7) is 6.92. The number of benzene rings is 1. The van der Waals surface area contributed by atoms with Gasteiger partial charge in [0, 0.05) is 18.2 Å². The summed E-state index contributed by atoms with van der Waals surface area (Å²) in [7, 11) is 0. The van der Waals surface area contributed by atoms with Crippen molar-refractivity contribution >= 4 is 16.9 Å². The van der Waals surface area contributed by atoms with Gasteiger partial charge >= 0.3 is 0 Å². The van der Waals surface area contributed by atoms with Gasteiger partial charge in [0.1, 0.15) is 0 Å². The number of hydrogen-bond acceptors (Lipinski definition) is 3. The molecule has 0 N–H and O–H groups in total. The van der Waals surface area contributed by atoms with Crippen LogP contribution in [0.3, 0.4) is 0 Å². The highest BCUT2D eigenvalue weighted by Crippen LogP contribution is 2.23. The highest BCUT2D eigenvalue weighted by Gasteiger charge is 2.28. The van der Waals surface area contributed by atoms with E-state index in [1.54, 1.807) is 0 Å². The van der Waals surface area contributed by atoms with Crippen LogP contribution >= 0.6 is 0 Å². The number of carbonyl (C=O) groups is 1. The Labute approximate surface area is 125 Å². The van der Waals surface area contributed by atoms with E-state index < -0.39 is 0 Å². The molecule has 0 radical (unpaired) electrons. The number of nitrogens with zero attached hydrogens (tertiary/aromatic N) is 3. The first-order chi connectivity index (χ1) is 10.1. The standard InChI is InChI=1S/C17H21N3O/c1-4-14-6-5-9-20(14)17(21)13-7-8-15-16(10-13)19-12(3)11(2)18-15/h7-8,10,14H,4-6,9H2,1-3H3. The molecule has 4 heteroatoms. The summed E-state index contributed by atoms with van der Waals surface area (Å²) in [4.78, 5) is 23.8. The monoisotopic (exact) mass is 283 g/mol. The molecule has 1 aromatic heterocycles. The largest absolute Gasteiger partial charge is 0.336 e. The van der Waals surface area contributed by atoms with Crippen molar-refractivity contribution in [2.75, 3.05) is 6.54 Å². The molecule has 1 saturated heterocycles. The number of hydrogen-bond donors (Lipinski definition) is 0. The van der Waals surface area contributed by atoms with Gasteiger partial charge in [0.15, 0.2) is 0 Å². The number of rotatable bonds is 2. The summed E-state index contributed by atoms with van der Waals surface area (Å²) in [5.74, 6) is 0.126. The third kappa shape index (κ3) is 2.50. The molecule has 4 nitrogen and oxygen atoms in total. The van der Waals surface area contributed by atoms with Crippen LogP contribution < -0.4 is 0 Å². The minimum absolute atomic E-state index is 0.126. The molecule has 110 valence electrons. The fraction of sp³-hybridized carbons (Fsp3) is 0.471. The minimum atomic E-state index is 0.126. The van der Waals surface area contributed by atoms with E-state index in [1.807, 2.05) is 36.9 Å². The second-order valence-corrected chi connectivity index (χ2v) is 5.80. The number of fused-ring (bicyclic) bond motifs is 1. The topological polar surface area (TPSA) is 46.1 Å². The first kappa shape index (κ1) is 14.0. The van der Waals surface area contributed by atoms with E-state index in [4.69, 9.17) is 0 Å². The molecule has 21 heavy (non-hydrogen) atoms. The number of carbonyl (C=O) groups excluding carboxylic acids is 1. The molecule has 2 heterocycles. The van der Waals surface area contributed by atoms with Crippen molar-refractivity contribution in [1.82, 2.24) is 14.9 Å². The lowest BCUT2D eigenvalue weighted by molar-refractivity contribution is 0.0734. The Morgan fingerprint density at radius 1 is 1.24 bits per heavy atom. The third-order valence-corrected chi connectivity index (χ3v) is 4.43. The lowest BCUT2D eigenvalue weighted by Gasteiger charge is -2.23. The predicted molar refractivity (Wildman–Crippen MR) is 83.4 cm³/mol. The Morgan fingerprint density at radius 3 is 2.67 bits per heavy atom. The van der Waals surface area contributed by atoms with Gasteiger partial charge in [0.05, 0.1) is 22.4 Å². The SMILES string of the molecule is CCC1CCCN1C(=O)c1ccc2nc(C)c(C)nc2c1. The Kier molecular flexibility index (Phi) is 3.62. The highest BCUT2D eigenvalue weighted by atomic mass is 16.2. The lowest BCUT2D eigenvalue weighted by atomic mass is 10.1. The Hall–Kier alpha value is -1.97. The molecular formula is C17H21N3O. The molecule has 3 rings (SSSR count). The van der Waals surface area contributed by atoms with Gasteiger partial charge in [-0.3, -0.25) is 4.79 Å². The van der Waals surface area contributed by atoms with E-state index >= 15 is 0 Å². The number of aromatic nitrogens is 2. The number of aryl methyl sites for hydroxylation is 2. The zero-order chi connectivity index (χ0) is 15.0. The summed E-state index contributed by atoms with van der Waals surface area (Å²) in [5, 5.41) is 0. The number of likely N-dealkylation sites (tertiary alicyclic amines) is 1. The van der Waals surface area contributed by atoms with Crippen LogP contribution in [0.5, 0.6) is 0 Å². The molecule has 0 spiro atoms. The molecule has 2 aromatic rings. The maximum Gasteiger partial charge on any atom is 0.254 e. The van der Waals surface area contributed by atoms with Crippen LogP contribution in [0, 0.1) is 13.8 Å². The maximum absolute atomic E-state index is 12.7. The fourth-order valence-corrected chi connectivity index (χ4v) is 3.06. The Bertz CT molecular complexity index is 696. The van der Waals surface area contributed by atoms with Crippen LogP contribution in [0.25, 0.3) is 11.0 Å². The van der Waals surface area contributed by atoms with Crippen molar-refractivity contribution in [3.05, 3.63) is 35.2 Å². The first-order valence-electron chi connectivity index (χ1n) is 7.66. The molecule has 1 amide bonds. The van der Waals surface area contributed by atoms with Gasteiger partial charge in [-0.05, 0) is 51.3 Å². The average molecular weight is 283 g/mol. The van der Waals surface area contributed by atoms with Crippen LogP contribution in [0.2, 0.25) is 0 Å². The molecule has 1 fully saturated rings. The zero-order valence-corrected chi connectivity index (χ0v) is 12.9. The highest BCUT2D eigenvalue weighted by molar-refractivity contribution is 5.97. The third-order valence-electron chi connectivity index (χ3n) is 4.43. The summed E-state index contributed by atoms with van der Waals surface area (Å²) >= 11 is 0. The van der Waals surface area contributed by atoms with E-state index in [9.17, 15) is 4.79 Å². The van der Waals surface area contributed by atoms with Crippen molar-refractivity contribution in [3.8, 4) is 0 Å². The Morgan fingerprint density at radius 2 is 1.95 bits per heavy atom. The van der Waals surface area contributed by atoms with Crippen molar-refractivity contribution < 1.29 is 4.79 Å². The second-order valence-electron chi connectivity index (χ2n) is 5.80. The van der Waals surface area contributed by atoms with E-state index in [-0.39, 0.29) is 5.91 Å². The summed E-state index contributed by atoms with van der Waals surface area (Å²) in [5.41, 5.74) is 4.23. The van der Waals surface area contributed by atoms with E-state index in [0.717, 1.165) is 53.8 Å². The van der Waals surface area contributed by atoms with Gasteiger partial charge < -0.3 is 4.90 Å². The van der Waals surface area contributed by atoms with Crippen molar-refractivity contribution in [3.63, 3.8) is 0 Å². The fourth-order valence-electron chi connectivity index (χ4n) is 3.06. The van der Waals surface area contributed by atoms with Crippen LogP contribution in [0.1, 0.15) is 47.9 Å². The normalized spacial score (nSPS) is 18.4. The van der Waals surface area contributed by atoms with Crippen LogP contribution in [-0.4, -0.2) is 33.4 Å². The summed E-state index contributed by atoms with van der Waals surface area (Å²) in [6.07, 6.45) is 3.25. The lowest BCUT2D eigenvalue weighted by Crippen LogP contribution is -2.35. The average Bonchev–Trinajstić information content (AvgIpc) is 2.95. The molecule has 1 aliphatic rings. The van der Waals surface area contributed by atoms with Gasteiger partial charge in [-0.25, -0.2) is 9.97 Å². The zero-order valence-electron chi connectivity index (χ0n) is 12.9. The predicted octanol–water partition coefficient (Wildman–Crippen LogP) is 3.26. The van der Waals surface area contributed by atoms with Gasteiger partial charge in [-0.15, -0.1) is 0 Å². The molecular weight excluding hydrogens is 262 g/mol. The molecule has 0 aliphatic carbocycles. The number of amides is 1. The van der Waals surface area contributed by atoms with Gasteiger partial charge in [0.2, 0.25) is 0 Å². The van der Waals surface area contributed by atoms with Crippen molar-refractivity contribution in [2.45, 2.75) is 46.1 Å². The second kappa shape index (κ2) is 5.43. The Balaban J connectivity index is 1.97. The van der Waals surface area contributed by atoms with E-state index in [1.165, 1.54) is 0 Å². The minimum Gasteiger partial charge on any atom is -0.336 e. The smallest absolute Gasteiger partial charge is 0.254 e. The first-order valence-corrected chi connectivity index (χ1v) is 7.66. The molecule has 1 aliphatic heterocycles. The van der Waals surface area contributed by atoms with Gasteiger partial charge in [-0.2, -0.15) is 0 Å². The van der Waals surface area contributed by atoms with Crippen molar-refractivity contribution in [1.29, 1.82) is 0 Å². The molecule has 1 aromatic carbocycles. The summed E-state index contributed by atoms with van der Waals surface area (Å²) < 4.78 is 0. The van der Waals surface area contributed by atoms with Crippen LogP contribution in [0.15, 0.2) is 18.2 Å². The van der Waals surface area contributed by atoms with Crippen LogP contribution in [-0.2, 0) is 0 Å². The van der Waals surface area contributed by atoms with Gasteiger partial charge in [-0.1, -0.05) is 6.92 Å². The molecule has 0 saturated carbocycles. The van der Waals surface area contributed by atoms with E-state index in [2.05, 4.69) is 16.9 Å². The van der Waals surface area contributed by atoms with Crippen molar-refractivity contribution in [2.24, 2.45) is 0 Å². The maximum atomic E-state index is 12.7. The van der Waals surface area contributed by atoms with E-state index in [0.29, 0.717) is 6.04 Å². The van der Waals surface area contributed by atoms with Gasteiger partial charge in [0.25, 0.3) is 5.91 Å². The molecule has 1 atom stereocenters. The van der Waals surface area contributed by atoms with Crippen LogP contribution in [0.4, 0.5) is 0 Å².